The lowest BCUT2D eigenvalue weighted by Crippen LogP contribution is -2.24. The van der Waals surface area contributed by atoms with Gasteiger partial charge in [-0.3, -0.25) is 4.90 Å². The Bertz CT molecular complexity index is 701. The average Bonchev–Trinajstić information content (AvgIpc) is 2.91. The second-order valence-corrected chi connectivity index (χ2v) is 7.41. The van der Waals surface area contributed by atoms with Gasteiger partial charge in [0.1, 0.15) is 10.6 Å². The molecule has 2 N–H and O–H groups in total. The third-order valence-corrected chi connectivity index (χ3v) is 5.19. The van der Waals surface area contributed by atoms with Gasteiger partial charge < -0.3 is 10.5 Å². The summed E-state index contributed by atoms with van der Waals surface area (Å²) in [4.78, 5) is 15.9. The maximum absolute atomic E-state index is 12.3. The molecule has 0 aliphatic carbocycles. The van der Waals surface area contributed by atoms with Crippen molar-refractivity contribution >= 4 is 22.3 Å². The van der Waals surface area contributed by atoms with E-state index in [0.717, 1.165) is 48.5 Å². The maximum Gasteiger partial charge on any atom is 0.341 e. The third kappa shape index (κ3) is 4.61. The number of carbonyl (C=O) groups excluding carboxylic acids is 1. The van der Waals surface area contributed by atoms with Gasteiger partial charge in [0.15, 0.2) is 0 Å². The molecule has 25 heavy (non-hydrogen) atoms. The van der Waals surface area contributed by atoms with Crippen LogP contribution in [0.25, 0.3) is 11.1 Å². The summed E-state index contributed by atoms with van der Waals surface area (Å²) >= 11 is 1.50. The average molecular weight is 361 g/mol. The van der Waals surface area contributed by atoms with Crippen LogP contribution < -0.4 is 5.73 Å². The van der Waals surface area contributed by atoms with E-state index < -0.39 is 0 Å². The normalized spacial score (nSPS) is 11.1. The third-order valence-electron chi connectivity index (χ3n) is 4.19. The minimum Gasteiger partial charge on any atom is -0.465 e. The van der Waals surface area contributed by atoms with E-state index >= 15 is 0 Å². The fraction of sp³-hybridized carbons (Fsp3) is 0.450. The first kappa shape index (κ1) is 19.5. The van der Waals surface area contributed by atoms with Gasteiger partial charge in [-0.1, -0.05) is 43.7 Å². The van der Waals surface area contributed by atoms with Gasteiger partial charge in [0, 0.05) is 17.0 Å². The van der Waals surface area contributed by atoms with Gasteiger partial charge in [0.25, 0.3) is 0 Å². The number of rotatable bonds is 8. The quantitative estimate of drug-likeness (QED) is 0.692. The van der Waals surface area contributed by atoms with Crippen LogP contribution in [0.4, 0.5) is 5.00 Å². The van der Waals surface area contributed by atoms with Crippen LogP contribution in [0.1, 0.15) is 47.5 Å². The number of aryl methyl sites for hydroxylation is 1. The summed E-state index contributed by atoms with van der Waals surface area (Å²) < 4.78 is 4.99. The van der Waals surface area contributed by atoms with E-state index in [1.165, 1.54) is 24.0 Å². The number of carbonyl (C=O) groups is 1. The minimum absolute atomic E-state index is 0.367. The fourth-order valence-electron chi connectivity index (χ4n) is 3.04. The van der Waals surface area contributed by atoms with E-state index in [1.807, 2.05) is 0 Å². The predicted octanol–water partition coefficient (Wildman–Crippen LogP) is 4.71. The Kier molecular flexibility index (Phi) is 7.02. The zero-order valence-corrected chi connectivity index (χ0v) is 16.4. The lowest BCUT2D eigenvalue weighted by Gasteiger charge is -2.21. The Balaban J connectivity index is 2.51. The molecule has 0 aliphatic heterocycles. The minimum atomic E-state index is -0.367. The van der Waals surface area contributed by atoms with Gasteiger partial charge >= 0.3 is 5.97 Å². The number of ether oxygens (including phenoxy) is 1. The largest absolute Gasteiger partial charge is 0.465 e. The molecule has 5 heteroatoms. The Morgan fingerprint density at radius 3 is 2.28 bits per heavy atom. The highest BCUT2D eigenvalue weighted by Crippen LogP contribution is 2.40. The molecule has 4 nitrogen and oxygen atoms in total. The fourth-order valence-corrected chi connectivity index (χ4v) is 4.17. The Morgan fingerprint density at radius 2 is 1.76 bits per heavy atom. The second-order valence-electron chi connectivity index (χ2n) is 6.27. The lowest BCUT2D eigenvalue weighted by molar-refractivity contribution is 0.0603. The van der Waals surface area contributed by atoms with Crippen molar-refractivity contribution in [1.29, 1.82) is 0 Å². The van der Waals surface area contributed by atoms with E-state index in [9.17, 15) is 4.79 Å². The van der Waals surface area contributed by atoms with Gasteiger partial charge in [-0.05, 0) is 38.4 Å². The maximum atomic E-state index is 12.3. The number of anilines is 1. The molecule has 1 aromatic heterocycles. The molecular weight excluding hydrogens is 332 g/mol. The zero-order chi connectivity index (χ0) is 18.4. The molecule has 0 amide bonds. The number of nitrogens with two attached hydrogens (primary N) is 1. The van der Waals surface area contributed by atoms with E-state index in [1.54, 1.807) is 0 Å². The van der Waals surface area contributed by atoms with Gasteiger partial charge in [-0.25, -0.2) is 4.79 Å². The van der Waals surface area contributed by atoms with Crippen molar-refractivity contribution in [2.45, 2.75) is 40.2 Å². The molecule has 0 aliphatic rings. The number of benzene rings is 1. The molecule has 2 aromatic rings. The molecule has 136 valence electrons. The van der Waals surface area contributed by atoms with Crippen molar-refractivity contribution in [3.05, 3.63) is 40.3 Å². The molecule has 1 aromatic carbocycles. The summed E-state index contributed by atoms with van der Waals surface area (Å²) in [6.45, 7) is 9.30. The Labute approximate surface area is 154 Å². The smallest absolute Gasteiger partial charge is 0.341 e. The van der Waals surface area contributed by atoms with Crippen molar-refractivity contribution in [2.75, 3.05) is 25.9 Å². The summed E-state index contributed by atoms with van der Waals surface area (Å²) in [5.74, 6) is -0.367. The lowest BCUT2D eigenvalue weighted by atomic mass is 9.99. The van der Waals surface area contributed by atoms with Crippen LogP contribution >= 0.6 is 11.3 Å². The van der Waals surface area contributed by atoms with Crippen LogP contribution in [-0.4, -0.2) is 31.1 Å². The molecule has 0 bridgehead atoms. The number of nitrogens with zero attached hydrogens (tertiary/aromatic N) is 1. The highest BCUT2D eigenvalue weighted by molar-refractivity contribution is 7.17. The number of nitrogen functional groups attached to an aromatic ring is 1. The summed E-state index contributed by atoms with van der Waals surface area (Å²) in [6, 6.07) is 8.22. The van der Waals surface area contributed by atoms with Gasteiger partial charge in [-0.2, -0.15) is 0 Å². The molecule has 0 unspecified atom stereocenters. The molecule has 1 heterocycles. The summed E-state index contributed by atoms with van der Waals surface area (Å²) in [7, 11) is 1.40. The molecule has 0 saturated carbocycles. The Morgan fingerprint density at radius 1 is 1.16 bits per heavy atom. The van der Waals surface area contributed by atoms with Crippen molar-refractivity contribution in [1.82, 2.24) is 4.90 Å². The molecular formula is C20H28N2O2S. The van der Waals surface area contributed by atoms with Crippen molar-refractivity contribution in [3.8, 4) is 11.1 Å². The topological polar surface area (TPSA) is 55.6 Å². The molecule has 0 radical (unpaired) electrons. The van der Waals surface area contributed by atoms with E-state index in [4.69, 9.17) is 10.5 Å². The van der Waals surface area contributed by atoms with E-state index in [2.05, 4.69) is 49.9 Å². The molecule has 2 rings (SSSR count). The van der Waals surface area contributed by atoms with Crippen LogP contribution in [-0.2, 0) is 11.3 Å². The highest BCUT2D eigenvalue weighted by Gasteiger charge is 2.25. The SMILES string of the molecule is CCCN(CCC)Cc1sc(N)c(C(=O)OC)c1-c1ccc(C)cc1. The van der Waals surface area contributed by atoms with Crippen LogP contribution in [0.15, 0.2) is 24.3 Å². The first-order valence-corrected chi connectivity index (χ1v) is 9.62. The Hall–Kier alpha value is -1.85. The standard InChI is InChI=1S/C20H28N2O2S/c1-5-11-22(12-6-2)13-16-17(15-9-7-14(3)8-10-15)18(19(21)25-16)20(23)24-4/h7-10H,5-6,11-13,21H2,1-4H3. The summed E-state index contributed by atoms with van der Waals surface area (Å²) in [6.07, 6.45) is 2.20. The number of methoxy groups -OCH3 is 1. The zero-order valence-electron chi connectivity index (χ0n) is 15.6. The molecule has 0 atom stereocenters. The van der Waals surface area contributed by atoms with Gasteiger partial charge in [0.05, 0.1) is 7.11 Å². The van der Waals surface area contributed by atoms with Gasteiger partial charge in [-0.15, -0.1) is 11.3 Å². The number of thiophene rings is 1. The van der Waals surface area contributed by atoms with Crippen LogP contribution in [0.3, 0.4) is 0 Å². The van der Waals surface area contributed by atoms with E-state index in [0.29, 0.717) is 10.6 Å². The summed E-state index contributed by atoms with van der Waals surface area (Å²) in [5.41, 5.74) is 9.83. The molecule has 0 fully saturated rings. The summed E-state index contributed by atoms with van der Waals surface area (Å²) in [5, 5.41) is 0.533. The molecule has 0 saturated heterocycles. The highest BCUT2D eigenvalue weighted by atomic mass is 32.1. The number of hydrogen-bond donors (Lipinski definition) is 1. The van der Waals surface area contributed by atoms with Crippen LogP contribution in [0.2, 0.25) is 0 Å². The van der Waals surface area contributed by atoms with Crippen LogP contribution in [0, 0.1) is 6.92 Å². The predicted molar refractivity (Wildman–Crippen MR) is 106 cm³/mol. The van der Waals surface area contributed by atoms with Crippen molar-refractivity contribution < 1.29 is 9.53 Å². The van der Waals surface area contributed by atoms with Gasteiger partial charge in [0.2, 0.25) is 0 Å². The monoisotopic (exact) mass is 360 g/mol. The second kappa shape index (κ2) is 9.02. The molecule has 0 spiro atoms. The van der Waals surface area contributed by atoms with Crippen molar-refractivity contribution in [3.63, 3.8) is 0 Å². The number of hydrogen-bond acceptors (Lipinski definition) is 5. The van der Waals surface area contributed by atoms with Crippen LogP contribution in [0.5, 0.6) is 0 Å². The number of esters is 1. The van der Waals surface area contributed by atoms with E-state index in [-0.39, 0.29) is 5.97 Å². The van der Waals surface area contributed by atoms with Crippen molar-refractivity contribution in [2.24, 2.45) is 0 Å². The first-order chi connectivity index (χ1) is 12.0. The first-order valence-electron chi connectivity index (χ1n) is 8.80.